The van der Waals surface area contributed by atoms with E-state index in [0.717, 1.165) is 11.5 Å². The van der Waals surface area contributed by atoms with Gasteiger partial charge in [-0.15, -0.1) is 0 Å². The normalized spacial score (nSPS) is 21.8. The minimum Gasteiger partial charge on any atom is -0.532 e. The summed E-state index contributed by atoms with van der Waals surface area (Å²) in [5, 5.41) is 0. The maximum Gasteiger partial charge on any atom is 0.346 e. The molecule has 44 valence electrons. The molecule has 0 unspecified atom stereocenters. The van der Waals surface area contributed by atoms with Gasteiger partial charge in [0.1, 0.15) is 0 Å². The van der Waals surface area contributed by atoms with E-state index in [-0.39, 0.29) is 0 Å². The van der Waals surface area contributed by atoms with Crippen molar-refractivity contribution >= 4 is 15.6 Å². The summed E-state index contributed by atoms with van der Waals surface area (Å²) in [5.41, 5.74) is 1.11. The lowest BCUT2D eigenvalue weighted by Gasteiger charge is -2.07. The molecule has 1 heterocycles. The molecule has 2 nitrogen and oxygen atoms in total. The Labute approximate surface area is 51.3 Å². The number of nitrogens with zero attached hydrogens (tertiary/aromatic N) is 1. The number of allylic oxidation sites excluding steroid dienone is 2. The molecule has 0 aromatic rings. The molecule has 0 N–H and O–H groups in total. The Morgan fingerprint density at radius 1 is 1.62 bits per heavy atom. The summed E-state index contributed by atoms with van der Waals surface area (Å²) in [7, 11) is -0.567. The van der Waals surface area contributed by atoms with Crippen LogP contribution in [0.5, 0.6) is 0 Å². The van der Waals surface area contributed by atoms with Crippen molar-refractivity contribution in [2.24, 2.45) is 4.66 Å². The number of rotatable bonds is 0. The number of hydrogen-bond donors (Lipinski definition) is 0. The molecule has 0 aromatic carbocycles. The number of hydrogen-bond acceptors (Lipinski definition) is 2. The highest BCUT2D eigenvalue weighted by Gasteiger charge is 1.96. The lowest BCUT2D eigenvalue weighted by atomic mass is 10.4. The minimum atomic E-state index is -0.567. The van der Waals surface area contributed by atoms with Crippen LogP contribution in [0.25, 0.3) is 0 Å². The smallest absolute Gasteiger partial charge is 0.346 e. The van der Waals surface area contributed by atoms with Crippen molar-refractivity contribution in [1.29, 1.82) is 0 Å². The third-order valence-corrected chi connectivity index (χ3v) is 2.23. The van der Waals surface area contributed by atoms with Crippen molar-refractivity contribution in [3.05, 3.63) is 11.8 Å². The second kappa shape index (κ2) is 2.13. The molecule has 0 saturated carbocycles. The van der Waals surface area contributed by atoms with E-state index in [0.29, 0.717) is 0 Å². The van der Waals surface area contributed by atoms with Crippen LogP contribution in [0.1, 0.15) is 13.8 Å². The second-order valence-electron chi connectivity index (χ2n) is 1.83. The quantitative estimate of drug-likeness (QED) is 0.431. The van der Waals surface area contributed by atoms with Gasteiger partial charge in [0.2, 0.25) is 0 Å². The van der Waals surface area contributed by atoms with Crippen LogP contribution < -0.4 is 0 Å². The lowest BCUT2D eigenvalue weighted by Crippen LogP contribution is -2.04. The molecular weight excluding hydrogens is 118 g/mol. The van der Waals surface area contributed by atoms with Gasteiger partial charge in [-0.2, -0.15) is 0 Å². The fourth-order valence-corrected chi connectivity index (χ4v) is 1.26. The predicted octanol–water partition coefficient (Wildman–Crippen LogP) is 0.380. The van der Waals surface area contributed by atoms with Crippen molar-refractivity contribution in [3.63, 3.8) is 0 Å². The van der Waals surface area contributed by atoms with Crippen molar-refractivity contribution in [2.45, 2.75) is 13.8 Å². The van der Waals surface area contributed by atoms with Crippen molar-refractivity contribution < 1.29 is 4.43 Å². The first kappa shape index (κ1) is 5.56. The van der Waals surface area contributed by atoms with Gasteiger partial charge in [-0.25, -0.2) is 0 Å². The molecule has 3 heteroatoms. The van der Waals surface area contributed by atoms with E-state index in [1.165, 1.54) is 0 Å². The summed E-state index contributed by atoms with van der Waals surface area (Å²) in [6.07, 6.45) is 1.95. The van der Waals surface area contributed by atoms with Crippen molar-refractivity contribution in [3.8, 4) is 0 Å². The fourth-order valence-electron chi connectivity index (χ4n) is 0.617. The van der Waals surface area contributed by atoms with Crippen molar-refractivity contribution in [1.82, 2.24) is 0 Å². The van der Waals surface area contributed by atoms with E-state index in [2.05, 4.69) is 4.66 Å². The van der Waals surface area contributed by atoms with Gasteiger partial charge in [0.05, 0.1) is 5.76 Å². The molecule has 8 heavy (non-hydrogen) atoms. The zero-order valence-electron chi connectivity index (χ0n) is 5.14. The Balaban J connectivity index is 2.69. The predicted molar refractivity (Wildman–Crippen MR) is 36.5 cm³/mol. The first-order valence-corrected chi connectivity index (χ1v) is 3.82. The molecule has 0 fully saturated rings. The molecule has 0 aromatic heterocycles. The maximum atomic E-state index is 5.16. The average molecular weight is 127 g/mol. The zero-order valence-corrected chi connectivity index (χ0v) is 6.55. The van der Waals surface area contributed by atoms with E-state index in [4.69, 9.17) is 4.43 Å². The SMILES string of the molecule is CC1=CC(C)=N[SiH2]O1. The van der Waals surface area contributed by atoms with Crippen LogP contribution in [0.3, 0.4) is 0 Å². The molecular formula is C5H9NOSi. The first-order chi connectivity index (χ1) is 3.79. The molecule has 0 bridgehead atoms. The topological polar surface area (TPSA) is 21.6 Å². The van der Waals surface area contributed by atoms with Crippen LogP contribution >= 0.6 is 0 Å². The Kier molecular flexibility index (Phi) is 1.48. The van der Waals surface area contributed by atoms with Crippen LogP contribution in [0.4, 0.5) is 0 Å². The highest BCUT2D eigenvalue weighted by molar-refractivity contribution is 6.30. The zero-order chi connectivity index (χ0) is 5.98. The van der Waals surface area contributed by atoms with Crippen molar-refractivity contribution in [2.75, 3.05) is 0 Å². The standard InChI is InChI=1S/C5H9NOSi/c1-4-3-5(2)7-8-6-4/h3H,8H2,1-2H3. The molecule has 1 aliphatic rings. The molecule has 1 rings (SSSR count). The molecule has 0 saturated heterocycles. The van der Waals surface area contributed by atoms with Crippen LogP contribution in [0.15, 0.2) is 16.5 Å². The summed E-state index contributed by atoms with van der Waals surface area (Å²) in [5.74, 6) is 1.02. The highest BCUT2D eigenvalue weighted by atomic mass is 28.2. The summed E-state index contributed by atoms with van der Waals surface area (Å²) in [6, 6.07) is 0. The van der Waals surface area contributed by atoms with Crippen LogP contribution in [-0.2, 0) is 4.43 Å². The summed E-state index contributed by atoms with van der Waals surface area (Å²) < 4.78 is 9.30. The molecule has 0 radical (unpaired) electrons. The van der Waals surface area contributed by atoms with Crippen LogP contribution in [0, 0.1) is 0 Å². The monoisotopic (exact) mass is 127 g/mol. The van der Waals surface area contributed by atoms with E-state index < -0.39 is 9.92 Å². The summed E-state index contributed by atoms with van der Waals surface area (Å²) in [6.45, 7) is 3.96. The van der Waals surface area contributed by atoms with Gasteiger partial charge >= 0.3 is 9.92 Å². The molecule has 0 spiro atoms. The van der Waals surface area contributed by atoms with E-state index in [1.54, 1.807) is 0 Å². The summed E-state index contributed by atoms with van der Waals surface area (Å²) in [4.78, 5) is 0. The Hall–Kier alpha value is -0.573. The van der Waals surface area contributed by atoms with Gasteiger partial charge in [-0.1, -0.05) is 0 Å². The van der Waals surface area contributed by atoms with E-state index in [1.807, 2.05) is 19.9 Å². The largest absolute Gasteiger partial charge is 0.532 e. The van der Waals surface area contributed by atoms with Crippen LogP contribution in [-0.4, -0.2) is 15.6 Å². The van der Waals surface area contributed by atoms with Gasteiger partial charge in [0.25, 0.3) is 0 Å². The molecule has 1 aliphatic heterocycles. The lowest BCUT2D eigenvalue weighted by molar-refractivity contribution is 0.454. The Bertz CT molecular complexity index is 151. The van der Waals surface area contributed by atoms with E-state index >= 15 is 0 Å². The highest BCUT2D eigenvalue weighted by Crippen LogP contribution is 1.99. The molecule has 0 atom stereocenters. The van der Waals surface area contributed by atoms with Crippen LogP contribution in [0.2, 0.25) is 0 Å². The minimum absolute atomic E-state index is 0.567. The van der Waals surface area contributed by atoms with Gasteiger partial charge in [0, 0.05) is 5.71 Å². The molecule has 0 aliphatic carbocycles. The second-order valence-corrected chi connectivity index (χ2v) is 2.69. The Morgan fingerprint density at radius 2 is 2.38 bits per heavy atom. The Morgan fingerprint density at radius 3 is 2.75 bits per heavy atom. The van der Waals surface area contributed by atoms with Gasteiger partial charge < -0.3 is 4.43 Å². The third-order valence-electron chi connectivity index (χ3n) is 1.02. The maximum absolute atomic E-state index is 5.16. The third kappa shape index (κ3) is 1.20. The first-order valence-electron chi connectivity index (χ1n) is 2.61. The van der Waals surface area contributed by atoms with E-state index in [9.17, 15) is 0 Å². The van der Waals surface area contributed by atoms with Gasteiger partial charge in [-0.05, 0) is 19.9 Å². The van der Waals surface area contributed by atoms with Gasteiger partial charge in [0.15, 0.2) is 0 Å². The molecule has 0 amide bonds. The summed E-state index contributed by atoms with van der Waals surface area (Å²) >= 11 is 0. The van der Waals surface area contributed by atoms with Gasteiger partial charge in [-0.3, -0.25) is 4.66 Å². The average Bonchev–Trinajstić information content (AvgIpc) is 1.64. The fraction of sp³-hybridized carbons (Fsp3) is 0.400.